The number of anilines is 2. The molecule has 33 heavy (non-hydrogen) atoms. The van der Waals surface area contributed by atoms with E-state index in [0.29, 0.717) is 31.9 Å². The Balaban J connectivity index is 1.36. The van der Waals surface area contributed by atoms with Crippen molar-refractivity contribution < 1.29 is 9.53 Å². The molecule has 1 amide bonds. The number of nitrogens with one attached hydrogen (secondary N) is 1. The zero-order valence-corrected chi connectivity index (χ0v) is 18.5. The second kappa shape index (κ2) is 9.84. The molecule has 0 radical (unpaired) electrons. The Bertz CT molecular complexity index is 1240. The van der Waals surface area contributed by atoms with Crippen molar-refractivity contribution in [3.63, 3.8) is 0 Å². The van der Waals surface area contributed by atoms with Crippen LogP contribution in [0.15, 0.2) is 91.1 Å². The Morgan fingerprint density at radius 1 is 0.970 bits per heavy atom. The van der Waals surface area contributed by atoms with Crippen molar-refractivity contribution in [1.82, 2.24) is 9.88 Å². The molecular weight excluding hydrogens is 410 g/mol. The van der Waals surface area contributed by atoms with Gasteiger partial charge in [0, 0.05) is 36.3 Å². The number of benzene rings is 3. The number of nitrogens with zero attached hydrogens (tertiary/aromatic N) is 2. The highest BCUT2D eigenvalue weighted by atomic mass is 16.5. The highest BCUT2D eigenvalue weighted by Crippen LogP contribution is 2.25. The van der Waals surface area contributed by atoms with Gasteiger partial charge in [0.1, 0.15) is 0 Å². The number of para-hydroxylation sites is 2. The van der Waals surface area contributed by atoms with E-state index in [4.69, 9.17) is 4.74 Å². The number of ether oxygens (including phenoxy) is 1. The maximum absolute atomic E-state index is 13.6. The van der Waals surface area contributed by atoms with Crippen LogP contribution < -0.4 is 5.32 Å². The van der Waals surface area contributed by atoms with Crippen molar-refractivity contribution in [2.75, 3.05) is 31.6 Å². The Kier molecular flexibility index (Phi) is 6.31. The van der Waals surface area contributed by atoms with Crippen molar-refractivity contribution in [1.29, 1.82) is 0 Å². The quantitative estimate of drug-likeness (QED) is 0.460. The highest BCUT2D eigenvalue weighted by Gasteiger charge is 2.25. The maximum atomic E-state index is 13.6. The zero-order valence-electron chi connectivity index (χ0n) is 18.5. The summed E-state index contributed by atoms with van der Waals surface area (Å²) in [5.41, 5.74) is 4.69. The monoisotopic (exact) mass is 437 g/mol. The number of fused-ring (bicyclic) bond motifs is 1. The van der Waals surface area contributed by atoms with Gasteiger partial charge >= 0.3 is 0 Å². The second-order valence-corrected chi connectivity index (χ2v) is 8.42. The molecule has 4 aromatic rings. The number of hydrogen-bond acceptors (Lipinski definition) is 4. The van der Waals surface area contributed by atoms with E-state index in [9.17, 15) is 4.79 Å². The lowest BCUT2D eigenvalue weighted by Crippen LogP contribution is -2.36. The molecule has 5 nitrogen and oxygen atoms in total. The number of carbonyl (C=O) groups is 1. The summed E-state index contributed by atoms with van der Waals surface area (Å²) in [5.74, 6) is 0.251. The summed E-state index contributed by atoms with van der Waals surface area (Å²) in [6.07, 6.45) is 2.67. The van der Waals surface area contributed by atoms with E-state index in [0.717, 1.165) is 23.3 Å². The maximum Gasteiger partial charge on any atom is 0.256 e. The Morgan fingerprint density at radius 2 is 1.82 bits per heavy atom. The van der Waals surface area contributed by atoms with Crippen LogP contribution in [0.2, 0.25) is 0 Å². The summed E-state index contributed by atoms with van der Waals surface area (Å²) in [6, 6.07) is 28.0. The smallest absolute Gasteiger partial charge is 0.256 e. The molecule has 1 aliphatic rings. The molecule has 0 spiro atoms. The van der Waals surface area contributed by atoms with Crippen LogP contribution in [0, 0.1) is 5.92 Å². The molecule has 3 aromatic carbocycles. The number of pyridine rings is 1. The number of carbonyl (C=O) groups excluding carboxylic acids is 1. The molecule has 0 bridgehead atoms. The molecule has 0 saturated carbocycles. The summed E-state index contributed by atoms with van der Waals surface area (Å²) < 4.78 is 5.91. The SMILES string of the molecule is O=C(c1ccccc1Nc1ccccc1)N1CCOCC(Cc2cccc3ncccc23)C1. The third kappa shape index (κ3) is 4.89. The van der Waals surface area contributed by atoms with Crippen LogP contribution >= 0.6 is 0 Å². The molecule has 1 unspecified atom stereocenters. The van der Waals surface area contributed by atoms with Crippen LogP contribution in [0.3, 0.4) is 0 Å². The van der Waals surface area contributed by atoms with E-state index in [2.05, 4.69) is 28.5 Å². The van der Waals surface area contributed by atoms with Gasteiger partial charge < -0.3 is 15.0 Å². The highest BCUT2D eigenvalue weighted by molar-refractivity contribution is 6.00. The van der Waals surface area contributed by atoms with Crippen LogP contribution in [-0.2, 0) is 11.2 Å². The molecule has 2 heterocycles. The van der Waals surface area contributed by atoms with Gasteiger partial charge in [-0.05, 0) is 48.4 Å². The predicted octanol–water partition coefficient (Wildman–Crippen LogP) is 5.31. The van der Waals surface area contributed by atoms with E-state index in [1.165, 1.54) is 10.9 Å². The number of rotatable bonds is 5. The van der Waals surface area contributed by atoms with Crippen molar-refractivity contribution in [2.24, 2.45) is 5.92 Å². The van der Waals surface area contributed by atoms with E-state index in [-0.39, 0.29) is 11.8 Å². The molecular formula is C28H27N3O2. The third-order valence-electron chi connectivity index (χ3n) is 6.08. The van der Waals surface area contributed by atoms with Crippen molar-refractivity contribution in [3.8, 4) is 0 Å². The summed E-state index contributed by atoms with van der Waals surface area (Å²) in [6.45, 7) is 2.44. The van der Waals surface area contributed by atoms with Gasteiger partial charge in [-0.2, -0.15) is 0 Å². The first-order chi connectivity index (χ1) is 16.3. The number of hydrogen-bond donors (Lipinski definition) is 1. The first-order valence-corrected chi connectivity index (χ1v) is 11.4. The van der Waals surface area contributed by atoms with Gasteiger partial charge in [0.15, 0.2) is 0 Å². The van der Waals surface area contributed by atoms with Gasteiger partial charge in [-0.15, -0.1) is 0 Å². The van der Waals surface area contributed by atoms with Gasteiger partial charge in [0.05, 0.1) is 30.0 Å². The Labute approximate surface area is 194 Å². The molecule has 1 N–H and O–H groups in total. The molecule has 1 saturated heterocycles. The van der Waals surface area contributed by atoms with Crippen molar-refractivity contribution in [3.05, 3.63) is 102 Å². The lowest BCUT2D eigenvalue weighted by Gasteiger charge is -2.25. The van der Waals surface area contributed by atoms with Crippen LogP contribution in [0.25, 0.3) is 10.9 Å². The second-order valence-electron chi connectivity index (χ2n) is 8.42. The average molecular weight is 438 g/mol. The molecule has 166 valence electrons. The lowest BCUT2D eigenvalue weighted by atomic mass is 9.96. The third-order valence-corrected chi connectivity index (χ3v) is 6.08. The van der Waals surface area contributed by atoms with Gasteiger partial charge in [0.25, 0.3) is 5.91 Å². The minimum Gasteiger partial charge on any atom is -0.379 e. The van der Waals surface area contributed by atoms with Gasteiger partial charge in [-0.1, -0.05) is 48.5 Å². The minimum atomic E-state index is 0.0316. The fourth-order valence-electron chi connectivity index (χ4n) is 4.47. The molecule has 5 heteroatoms. The van der Waals surface area contributed by atoms with Crippen LogP contribution in [-0.4, -0.2) is 42.1 Å². The molecule has 1 aliphatic heterocycles. The summed E-state index contributed by atoms with van der Waals surface area (Å²) >= 11 is 0. The van der Waals surface area contributed by atoms with Crippen molar-refractivity contribution in [2.45, 2.75) is 6.42 Å². The van der Waals surface area contributed by atoms with Gasteiger partial charge in [0.2, 0.25) is 0 Å². The Hall–Kier alpha value is -3.70. The van der Waals surface area contributed by atoms with Gasteiger partial charge in [-0.3, -0.25) is 9.78 Å². The van der Waals surface area contributed by atoms with Crippen molar-refractivity contribution >= 4 is 28.2 Å². The first kappa shape index (κ1) is 21.2. The summed E-state index contributed by atoms with van der Waals surface area (Å²) in [4.78, 5) is 20.0. The topological polar surface area (TPSA) is 54.5 Å². The lowest BCUT2D eigenvalue weighted by molar-refractivity contribution is 0.0738. The van der Waals surface area contributed by atoms with Crippen LogP contribution in [0.4, 0.5) is 11.4 Å². The van der Waals surface area contributed by atoms with Crippen LogP contribution in [0.1, 0.15) is 15.9 Å². The first-order valence-electron chi connectivity index (χ1n) is 11.4. The molecule has 1 aromatic heterocycles. The average Bonchev–Trinajstić information content (AvgIpc) is 3.10. The van der Waals surface area contributed by atoms with Gasteiger partial charge in [-0.25, -0.2) is 0 Å². The van der Waals surface area contributed by atoms with Crippen LogP contribution in [0.5, 0.6) is 0 Å². The molecule has 5 rings (SSSR count). The fourth-order valence-corrected chi connectivity index (χ4v) is 4.47. The predicted molar refractivity (Wildman–Crippen MR) is 132 cm³/mol. The number of amides is 1. The Morgan fingerprint density at radius 3 is 2.73 bits per heavy atom. The zero-order chi connectivity index (χ0) is 22.5. The molecule has 0 aliphatic carbocycles. The largest absolute Gasteiger partial charge is 0.379 e. The molecule has 1 fully saturated rings. The minimum absolute atomic E-state index is 0.0316. The van der Waals surface area contributed by atoms with E-state index in [1.807, 2.05) is 77.8 Å². The van der Waals surface area contributed by atoms with E-state index in [1.54, 1.807) is 0 Å². The fraction of sp³-hybridized carbons (Fsp3) is 0.214. The molecule has 1 atom stereocenters. The standard InChI is InChI=1S/C28H27N3O2/c32-28(25-11-4-5-13-27(25)30-23-9-2-1-3-10-23)31-16-17-33-20-21(19-31)18-22-8-6-14-26-24(22)12-7-15-29-26/h1-15,21,30H,16-20H2. The van der Waals surface area contributed by atoms with E-state index >= 15 is 0 Å². The van der Waals surface area contributed by atoms with E-state index < -0.39 is 0 Å². The number of aromatic nitrogens is 1. The summed E-state index contributed by atoms with van der Waals surface area (Å²) in [5, 5.41) is 4.56. The normalized spacial score (nSPS) is 16.4. The summed E-state index contributed by atoms with van der Waals surface area (Å²) in [7, 11) is 0.